The largest absolute Gasteiger partial charge is 0.350 e. The van der Waals surface area contributed by atoms with Crippen LogP contribution in [0.2, 0.25) is 5.02 Å². The summed E-state index contributed by atoms with van der Waals surface area (Å²) in [4.78, 5) is 8.63. The average molecular weight is 248 g/mol. The Bertz CT molecular complexity index is 506. The van der Waals surface area contributed by atoms with Crippen LogP contribution in [0.25, 0.3) is 0 Å². The minimum atomic E-state index is 0.628. The van der Waals surface area contributed by atoms with Crippen LogP contribution in [0.15, 0.2) is 30.3 Å². The van der Waals surface area contributed by atoms with Gasteiger partial charge in [-0.05, 0) is 31.5 Å². The molecular weight excluding hydrogens is 234 g/mol. The number of nitrogens with one attached hydrogen (secondary N) is 1. The Kier molecular flexibility index (Phi) is 3.59. The lowest BCUT2D eigenvalue weighted by molar-refractivity contribution is 1.00. The van der Waals surface area contributed by atoms with Gasteiger partial charge in [-0.2, -0.15) is 0 Å². The Labute approximate surface area is 106 Å². The summed E-state index contributed by atoms with van der Waals surface area (Å²) in [5.41, 5.74) is 2.95. The van der Waals surface area contributed by atoms with Gasteiger partial charge in [0.25, 0.3) is 0 Å². The number of hydrogen-bond acceptors (Lipinski definition) is 3. The minimum absolute atomic E-state index is 0.628. The number of nitrogens with zero attached hydrogens (tertiary/aromatic N) is 2. The van der Waals surface area contributed by atoms with Crippen molar-refractivity contribution in [3.8, 4) is 0 Å². The number of halogens is 1. The van der Waals surface area contributed by atoms with Gasteiger partial charge in [-0.15, -0.1) is 0 Å². The van der Waals surface area contributed by atoms with Crippen LogP contribution in [0.4, 0.5) is 5.95 Å². The molecule has 1 N–H and O–H groups in total. The van der Waals surface area contributed by atoms with Crippen molar-refractivity contribution < 1.29 is 0 Å². The Morgan fingerprint density at radius 2 is 1.76 bits per heavy atom. The summed E-state index contributed by atoms with van der Waals surface area (Å²) in [5, 5.41) is 3.93. The molecule has 3 nitrogen and oxygen atoms in total. The van der Waals surface area contributed by atoms with Gasteiger partial charge in [0.15, 0.2) is 0 Å². The van der Waals surface area contributed by atoms with Crippen molar-refractivity contribution >= 4 is 17.5 Å². The maximum absolute atomic E-state index is 6.07. The summed E-state index contributed by atoms with van der Waals surface area (Å²) in [7, 11) is 0. The zero-order valence-corrected chi connectivity index (χ0v) is 10.6. The number of aromatic nitrogens is 2. The third-order valence-corrected chi connectivity index (χ3v) is 2.75. The fraction of sp³-hybridized carbons (Fsp3) is 0.231. The van der Waals surface area contributed by atoms with E-state index in [1.54, 1.807) is 0 Å². The molecule has 2 aromatic rings. The molecule has 0 amide bonds. The van der Waals surface area contributed by atoms with Crippen molar-refractivity contribution in [1.82, 2.24) is 9.97 Å². The van der Waals surface area contributed by atoms with Gasteiger partial charge in [0.2, 0.25) is 5.95 Å². The second-order valence-electron chi connectivity index (χ2n) is 3.92. The Morgan fingerprint density at radius 1 is 1.12 bits per heavy atom. The minimum Gasteiger partial charge on any atom is -0.350 e. The zero-order chi connectivity index (χ0) is 12.3. The molecule has 0 aliphatic rings. The van der Waals surface area contributed by atoms with Crippen LogP contribution < -0.4 is 5.32 Å². The molecule has 0 fully saturated rings. The molecule has 0 unspecified atom stereocenters. The van der Waals surface area contributed by atoms with E-state index in [0.29, 0.717) is 12.5 Å². The van der Waals surface area contributed by atoms with Crippen molar-refractivity contribution in [3.63, 3.8) is 0 Å². The van der Waals surface area contributed by atoms with E-state index in [0.717, 1.165) is 22.0 Å². The third-order valence-electron chi connectivity index (χ3n) is 2.38. The van der Waals surface area contributed by atoms with Gasteiger partial charge < -0.3 is 5.32 Å². The highest BCUT2D eigenvalue weighted by Gasteiger charge is 2.01. The van der Waals surface area contributed by atoms with Crippen molar-refractivity contribution in [2.24, 2.45) is 0 Å². The van der Waals surface area contributed by atoms with E-state index in [4.69, 9.17) is 11.6 Å². The van der Waals surface area contributed by atoms with Gasteiger partial charge in [-0.25, -0.2) is 9.97 Å². The molecule has 2 rings (SSSR count). The second-order valence-corrected chi connectivity index (χ2v) is 4.33. The molecule has 4 heteroatoms. The van der Waals surface area contributed by atoms with E-state index in [1.807, 2.05) is 44.2 Å². The normalized spacial score (nSPS) is 10.3. The molecule has 1 aromatic carbocycles. The highest BCUT2D eigenvalue weighted by molar-refractivity contribution is 6.31. The van der Waals surface area contributed by atoms with E-state index >= 15 is 0 Å². The van der Waals surface area contributed by atoms with Crippen LogP contribution in [-0.4, -0.2) is 9.97 Å². The molecule has 0 saturated carbocycles. The molecular formula is C13H14ClN3. The molecule has 0 bridgehead atoms. The first-order chi connectivity index (χ1) is 8.15. The lowest BCUT2D eigenvalue weighted by Crippen LogP contribution is -2.05. The van der Waals surface area contributed by atoms with Crippen molar-refractivity contribution in [2.45, 2.75) is 20.4 Å². The maximum Gasteiger partial charge on any atom is 0.223 e. The Balaban J connectivity index is 2.10. The number of anilines is 1. The van der Waals surface area contributed by atoms with Crippen molar-refractivity contribution in [1.29, 1.82) is 0 Å². The van der Waals surface area contributed by atoms with Gasteiger partial charge in [0, 0.05) is 23.0 Å². The van der Waals surface area contributed by atoms with E-state index in [-0.39, 0.29) is 0 Å². The SMILES string of the molecule is Cc1cc(C)nc(NCc2ccccc2Cl)n1. The van der Waals surface area contributed by atoms with Crippen LogP contribution in [-0.2, 0) is 6.54 Å². The lowest BCUT2D eigenvalue weighted by atomic mass is 10.2. The van der Waals surface area contributed by atoms with E-state index in [1.165, 1.54) is 0 Å². The quantitative estimate of drug-likeness (QED) is 0.904. The predicted octanol–water partition coefficient (Wildman–Crippen LogP) is 3.36. The summed E-state index contributed by atoms with van der Waals surface area (Å²) in [5.74, 6) is 0.641. The third kappa shape index (κ3) is 3.17. The highest BCUT2D eigenvalue weighted by Crippen LogP contribution is 2.16. The smallest absolute Gasteiger partial charge is 0.223 e. The fourth-order valence-electron chi connectivity index (χ4n) is 1.62. The van der Waals surface area contributed by atoms with Crippen molar-refractivity contribution in [3.05, 3.63) is 52.3 Å². The number of rotatable bonds is 3. The number of aryl methyl sites for hydroxylation is 2. The van der Waals surface area contributed by atoms with E-state index in [2.05, 4.69) is 15.3 Å². The van der Waals surface area contributed by atoms with Gasteiger partial charge in [-0.3, -0.25) is 0 Å². The topological polar surface area (TPSA) is 37.8 Å². The van der Waals surface area contributed by atoms with Crippen LogP contribution >= 0.6 is 11.6 Å². The van der Waals surface area contributed by atoms with E-state index in [9.17, 15) is 0 Å². The van der Waals surface area contributed by atoms with Gasteiger partial charge >= 0.3 is 0 Å². The summed E-state index contributed by atoms with van der Waals surface area (Å²) in [6, 6.07) is 9.68. The molecule has 0 saturated heterocycles. The van der Waals surface area contributed by atoms with Crippen molar-refractivity contribution in [2.75, 3.05) is 5.32 Å². The molecule has 0 aliphatic carbocycles. The van der Waals surface area contributed by atoms with Gasteiger partial charge in [0.1, 0.15) is 0 Å². The predicted molar refractivity (Wildman–Crippen MR) is 70.3 cm³/mol. The molecule has 1 heterocycles. The molecule has 0 atom stereocenters. The molecule has 88 valence electrons. The summed E-state index contributed by atoms with van der Waals surface area (Å²) in [6.07, 6.45) is 0. The first-order valence-electron chi connectivity index (χ1n) is 5.45. The van der Waals surface area contributed by atoms with Crippen LogP contribution in [0, 0.1) is 13.8 Å². The molecule has 0 aliphatic heterocycles. The number of benzene rings is 1. The van der Waals surface area contributed by atoms with Gasteiger partial charge in [0.05, 0.1) is 0 Å². The van der Waals surface area contributed by atoms with E-state index < -0.39 is 0 Å². The summed E-state index contributed by atoms with van der Waals surface area (Å²) < 4.78 is 0. The zero-order valence-electron chi connectivity index (χ0n) is 9.87. The van der Waals surface area contributed by atoms with Crippen LogP contribution in [0.1, 0.15) is 17.0 Å². The first-order valence-corrected chi connectivity index (χ1v) is 5.82. The number of hydrogen-bond donors (Lipinski definition) is 1. The average Bonchev–Trinajstić information content (AvgIpc) is 2.27. The Hall–Kier alpha value is -1.61. The summed E-state index contributed by atoms with van der Waals surface area (Å²) >= 11 is 6.07. The molecule has 17 heavy (non-hydrogen) atoms. The van der Waals surface area contributed by atoms with Crippen LogP contribution in [0.3, 0.4) is 0 Å². The standard InChI is InChI=1S/C13H14ClN3/c1-9-7-10(2)17-13(16-9)15-8-11-5-3-4-6-12(11)14/h3-7H,8H2,1-2H3,(H,15,16,17). The first kappa shape index (κ1) is 11.9. The molecule has 0 spiro atoms. The Morgan fingerprint density at radius 3 is 2.41 bits per heavy atom. The second kappa shape index (κ2) is 5.15. The molecule has 1 aromatic heterocycles. The van der Waals surface area contributed by atoms with Crippen LogP contribution in [0.5, 0.6) is 0 Å². The lowest BCUT2D eigenvalue weighted by Gasteiger charge is -2.07. The monoisotopic (exact) mass is 247 g/mol. The molecule has 0 radical (unpaired) electrons. The summed E-state index contributed by atoms with van der Waals surface area (Å²) in [6.45, 7) is 4.53. The maximum atomic E-state index is 6.07. The fourth-order valence-corrected chi connectivity index (χ4v) is 1.82. The highest BCUT2D eigenvalue weighted by atomic mass is 35.5. The van der Waals surface area contributed by atoms with Gasteiger partial charge in [-0.1, -0.05) is 29.8 Å².